The van der Waals surface area contributed by atoms with Crippen LogP contribution in [0.3, 0.4) is 0 Å². The molecular weight excluding hydrogens is 272 g/mol. The molecule has 0 atom stereocenters. The van der Waals surface area contributed by atoms with Gasteiger partial charge in [-0.05, 0) is 0 Å². The van der Waals surface area contributed by atoms with Gasteiger partial charge in [0.2, 0.25) is 0 Å². The van der Waals surface area contributed by atoms with Crippen molar-refractivity contribution in [3.05, 3.63) is 17.5 Å². The second-order valence-corrected chi connectivity index (χ2v) is 3.01. The van der Waals surface area contributed by atoms with E-state index in [1.807, 2.05) is 0 Å². The minimum Gasteiger partial charge on any atom is -0.503 e. The lowest BCUT2D eigenvalue weighted by Crippen LogP contribution is -2.20. The third-order valence-electron chi connectivity index (χ3n) is 1.74. The van der Waals surface area contributed by atoms with Gasteiger partial charge in [0, 0.05) is 11.8 Å². The molecule has 0 aliphatic carbocycles. The zero-order valence-electron chi connectivity index (χ0n) is 8.30. The first kappa shape index (κ1) is 14.4. The smallest absolute Gasteiger partial charge is 0.503 e. The van der Waals surface area contributed by atoms with Crippen molar-refractivity contribution in [1.29, 1.82) is 0 Å². The highest BCUT2D eigenvalue weighted by atomic mass is 19.4. The van der Waals surface area contributed by atoms with Crippen LogP contribution in [-0.2, 0) is 12.8 Å². The van der Waals surface area contributed by atoms with Gasteiger partial charge in [0.15, 0.2) is 17.2 Å². The number of halogens is 6. The lowest BCUT2D eigenvalue weighted by atomic mass is 10.2. The van der Waals surface area contributed by atoms with Gasteiger partial charge in [-0.3, -0.25) is 0 Å². The molecule has 0 amide bonds. The fourth-order valence-electron chi connectivity index (χ4n) is 1.07. The lowest BCUT2D eigenvalue weighted by molar-refractivity contribution is -0.275. The molecule has 0 saturated carbocycles. The molecule has 0 spiro atoms. The summed E-state index contributed by atoms with van der Waals surface area (Å²) in [4.78, 5) is 2.73. The maximum atomic E-state index is 12.3. The zero-order valence-corrected chi connectivity index (χ0v) is 8.30. The third kappa shape index (κ3) is 3.15. The van der Waals surface area contributed by atoms with Gasteiger partial charge < -0.3 is 14.9 Å². The molecule has 0 saturated heterocycles. The topological polar surface area (TPSA) is 62.6 Å². The molecule has 1 aromatic rings. The minimum absolute atomic E-state index is 0.337. The Kier molecular flexibility index (Phi) is 3.60. The standard InChI is InChI=1S/C8H5F6NO3/c9-7(10,11)6-4(17)5(18-8(12,13)14)3(2-16)1-15-6/h1,16-17H,2H2. The molecule has 0 unspecified atom stereocenters. The molecule has 0 aliphatic rings. The molecule has 1 heterocycles. The number of hydrogen-bond donors (Lipinski definition) is 2. The fraction of sp³-hybridized carbons (Fsp3) is 0.375. The Morgan fingerprint density at radius 2 is 1.72 bits per heavy atom. The Bertz CT molecular complexity index is 442. The summed E-state index contributed by atoms with van der Waals surface area (Å²) in [5, 5.41) is 17.7. The predicted molar refractivity (Wildman–Crippen MR) is 43.5 cm³/mol. The number of alkyl halides is 6. The third-order valence-corrected chi connectivity index (χ3v) is 1.74. The summed E-state index contributed by atoms with van der Waals surface area (Å²) in [6, 6.07) is 0. The molecule has 1 aromatic heterocycles. The zero-order chi connectivity index (χ0) is 14.1. The van der Waals surface area contributed by atoms with Crippen LogP contribution in [0.4, 0.5) is 26.3 Å². The van der Waals surface area contributed by atoms with E-state index in [4.69, 9.17) is 10.2 Å². The van der Waals surface area contributed by atoms with Crippen molar-refractivity contribution >= 4 is 0 Å². The molecule has 0 bridgehead atoms. The monoisotopic (exact) mass is 277 g/mol. The molecule has 0 aliphatic heterocycles. The average Bonchev–Trinajstić information content (AvgIpc) is 2.17. The summed E-state index contributed by atoms with van der Waals surface area (Å²) in [5.74, 6) is -3.35. The van der Waals surface area contributed by atoms with Crippen molar-refractivity contribution in [2.24, 2.45) is 0 Å². The number of aliphatic hydroxyl groups excluding tert-OH is 1. The summed E-state index contributed by atoms with van der Waals surface area (Å²) >= 11 is 0. The summed E-state index contributed by atoms with van der Waals surface area (Å²) < 4.78 is 75.9. The van der Waals surface area contributed by atoms with Gasteiger partial charge in [-0.25, -0.2) is 4.98 Å². The van der Waals surface area contributed by atoms with E-state index in [1.165, 1.54) is 0 Å². The number of rotatable bonds is 2. The summed E-state index contributed by atoms with van der Waals surface area (Å²) in [6.45, 7) is -1.08. The number of ether oxygens (including phenoxy) is 1. The Morgan fingerprint density at radius 1 is 1.17 bits per heavy atom. The van der Waals surface area contributed by atoms with E-state index < -0.39 is 41.9 Å². The van der Waals surface area contributed by atoms with E-state index in [-0.39, 0.29) is 0 Å². The van der Waals surface area contributed by atoms with Crippen LogP contribution in [0.15, 0.2) is 6.20 Å². The molecule has 2 N–H and O–H groups in total. The van der Waals surface area contributed by atoms with Crippen molar-refractivity contribution < 1.29 is 41.3 Å². The van der Waals surface area contributed by atoms with Crippen LogP contribution in [0.5, 0.6) is 11.5 Å². The molecule has 0 aromatic carbocycles. The van der Waals surface area contributed by atoms with E-state index in [0.29, 0.717) is 6.20 Å². The maximum absolute atomic E-state index is 12.3. The Morgan fingerprint density at radius 3 is 2.11 bits per heavy atom. The highest BCUT2D eigenvalue weighted by Gasteiger charge is 2.40. The number of pyridine rings is 1. The largest absolute Gasteiger partial charge is 0.573 e. The summed E-state index contributed by atoms with van der Waals surface area (Å²) in [5.41, 5.74) is -2.66. The van der Waals surface area contributed by atoms with Gasteiger partial charge in [-0.1, -0.05) is 0 Å². The Balaban J connectivity index is 3.37. The van der Waals surface area contributed by atoms with Crippen LogP contribution in [0.25, 0.3) is 0 Å². The molecule has 102 valence electrons. The molecule has 0 fully saturated rings. The van der Waals surface area contributed by atoms with Crippen LogP contribution >= 0.6 is 0 Å². The van der Waals surface area contributed by atoms with E-state index in [0.717, 1.165) is 0 Å². The minimum atomic E-state index is -5.31. The van der Waals surface area contributed by atoms with Crippen LogP contribution < -0.4 is 4.74 Å². The van der Waals surface area contributed by atoms with Crippen LogP contribution in [0, 0.1) is 0 Å². The molecule has 18 heavy (non-hydrogen) atoms. The van der Waals surface area contributed by atoms with Gasteiger partial charge in [-0.15, -0.1) is 13.2 Å². The van der Waals surface area contributed by atoms with Crippen LogP contribution in [0.1, 0.15) is 11.3 Å². The molecule has 10 heteroatoms. The maximum Gasteiger partial charge on any atom is 0.573 e. The van der Waals surface area contributed by atoms with E-state index in [1.54, 1.807) is 0 Å². The van der Waals surface area contributed by atoms with Crippen molar-refractivity contribution in [3.63, 3.8) is 0 Å². The van der Waals surface area contributed by atoms with E-state index in [2.05, 4.69) is 9.72 Å². The van der Waals surface area contributed by atoms with Crippen molar-refractivity contribution in [3.8, 4) is 11.5 Å². The number of aliphatic hydroxyl groups is 1. The second-order valence-electron chi connectivity index (χ2n) is 3.01. The summed E-state index contributed by atoms with van der Waals surface area (Å²) in [7, 11) is 0. The molecular formula is C8H5F6NO3. The summed E-state index contributed by atoms with van der Waals surface area (Å²) in [6.07, 6.45) is -10.1. The van der Waals surface area contributed by atoms with E-state index in [9.17, 15) is 26.3 Å². The number of aromatic nitrogens is 1. The van der Waals surface area contributed by atoms with Gasteiger partial charge in [0.1, 0.15) is 0 Å². The van der Waals surface area contributed by atoms with E-state index >= 15 is 0 Å². The van der Waals surface area contributed by atoms with Gasteiger partial charge in [0.25, 0.3) is 0 Å². The van der Waals surface area contributed by atoms with Crippen molar-refractivity contribution in [2.45, 2.75) is 19.1 Å². The fourth-order valence-corrected chi connectivity index (χ4v) is 1.07. The number of hydrogen-bond acceptors (Lipinski definition) is 4. The number of aromatic hydroxyl groups is 1. The normalized spacial score (nSPS) is 12.6. The quantitative estimate of drug-likeness (QED) is 0.813. The van der Waals surface area contributed by atoms with Crippen LogP contribution in [-0.4, -0.2) is 21.6 Å². The number of nitrogens with zero attached hydrogens (tertiary/aromatic N) is 1. The SMILES string of the molecule is OCc1cnc(C(F)(F)F)c(O)c1OC(F)(F)F. The van der Waals surface area contributed by atoms with Crippen molar-refractivity contribution in [1.82, 2.24) is 4.98 Å². The van der Waals surface area contributed by atoms with Gasteiger partial charge in [-0.2, -0.15) is 13.2 Å². The highest BCUT2D eigenvalue weighted by Crippen LogP contribution is 2.42. The van der Waals surface area contributed by atoms with Crippen LogP contribution in [0.2, 0.25) is 0 Å². The Labute approximate surface area is 95.4 Å². The first-order chi connectivity index (χ1) is 8.06. The first-order valence-electron chi connectivity index (χ1n) is 4.21. The van der Waals surface area contributed by atoms with Gasteiger partial charge >= 0.3 is 12.5 Å². The molecule has 0 radical (unpaired) electrons. The molecule has 4 nitrogen and oxygen atoms in total. The molecule has 1 rings (SSSR count). The van der Waals surface area contributed by atoms with Gasteiger partial charge in [0.05, 0.1) is 6.61 Å². The predicted octanol–water partition coefficient (Wildman–Crippen LogP) is 2.20. The Hall–Kier alpha value is -1.71. The first-order valence-corrected chi connectivity index (χ1v) is 4.21. The highest BCUT2D eigenvalue weighted by molar-refractivity contribution is 5.48. The lowest BCUT2D eigenvalue weighted by Gasteiger charge is -2.16. The van der Waals surface area contributed by atoms with Crippen molar-refractivity contribution in [2.75, 3.05) is 0 Å². The average molecular weight is 277 g/mol. The second kappa shape index (κ2) is 4.52.